The fraction of sp³-hybridized carbons (Fsp3) is 0.308. The minimum absolute atomic E-state index is 0.266. The van der Waals surface area contributed by atoms with E-state index in [9.17, 15) is 9.59 Å². The summed E-state index contributed by atoms with van der Waals surface area (Å²) in [4.78, 5) is 27.0. The predicted octanol–water partition coefficient (Wildman–Crippen LogP) is -0.772. The maximum Gasteiger partial charge on any atom is 0.335 e. The first-order valence-corrected chi connectivity index (χ1v) is 5.53. The van der Waals surface area contributed by atoms with Gasteiger partial charge in [0, 0.05) is 16.9 Å². The largest absolute Gasteiger partial charge is 0.493 e. The van der Waals surface area contributed by atoms with E-state index in [-0.39, 0.29) is 5.57 Å². The van der Waals surface area contributed by atoms with E-state index in [1.807, 2.05) is 0 Å². The molecule has 1 heterocycles. The SMILES string of the molecule is COC(=O)[C@@H]1N=c2cc(OC)c(OC)cc2=C1C=O. The minimum atomic E-state index is -0.922. The van der Waals surface area contributed by atoms with Crippen molar-refractivity contribution < 1.29 is 23.8 Å². The molecule has 0 fully saturated rings. The van der Waals surface area contributed by atoms with Crippen LogP contribution >= 0.6 is 0 Å². The number of hydrogen-bond acceptors (Lipinski definition) is 6. The fourth-order valence-electron chi connectivity index (χ4n) is 1.98. The molecule has 1 atom stereocenters. The molecule has 0 saturated heterocycles. The van der Waals surface area contributed by atoms with Crippen molar-refractivity contribution in [2.45, 2.75) is 6.04 Å². The molecule has 1 aliphatic heterocycles. The number of rotatable bonds is 4. The molecule has 0 saturated carbocycles. The number of carbonyl (C=O) groups excluding carboxylic acids is 2. The van der Waals surface area contributed by atoms with Crippen molar-refractivity contribution in [3.05, 3.63) is 22.7 Å². The highest BCUT2D eigenvalue weighted by molar-refractivity contribution is 6.09. The average Bonchev–Trinajstić information content (AvgIpc) is 2.81. The molecule has 1 aromatic carbocycles. The van der Waals surface area contributed by atoms with Crippen LogP contribution in [0, 0.1) is 0 Å². The molecule has 0 N–H and O–H groups in total. The van der Waals surface area contributed by atoms with Gasteiger partial charge in [0.25, 0.3) is 0 Å². The third-order valence-electron chi connectivity index (χ3n) is 2.93. The van der Waals surface area contributed by atoms with Crippen molar-refractivity contribution in [1.29, 1.82) is 0 Å². The van der Waals surface area contributed by atoms with Gasteiger partial charge in [-0.25, -0.2) is 4.79 Å². The molecule has 0 aliphatic carbocycles. The number of hydrogen-bond donors (Lipinski definition) is 0. The summed E-state index contributed by atoms with van der Waals surface area (Å²) >= 11 is 0. The zero-order valence-electron chi connectivity index (χ0n) is 10.8. The van der Waals surface area contributed by atoms with E-state index in [4.69, 9.17) is 9.47 Å². The van der Waals surface area contributed by atoms with E-state index in [1.54, 1.807) is 12.1 Å². The molecule has 6 heteroatoms. The van der Waals surface area contributed by atoms with Crippen molar-refractivity contribution in [2.24, 2.45) is 4.99 Å². The lowest BCUT2D eigenvalue weighted by atomic mass is 10.1. The number of fused-ring (bicyclic) bond motifs is 1. The van der Waals surface area contributed by atoms with Crippen LogP contribution in [-0.2, 0) is 14.3 Å². The van der Waals surface area contributed by atoms with Gasteiger partial charge in [-0.15, -0.1) is 0 Å². The molecule has 6 nitrogen and oxygen atoms in total. The molecule has 0 spiro atoms. The summed E-state index contributed by atoms with van der Waals surface area (Å²) in [6.45, 7) is 0. The first-order chi connectivity index (χ1) is 9.15. The summed E-state index contributed by atoms with van der Waals surface area (Å²) in [5.41, 5.74) is 0.266. The number of aldehydes is 1. The molecular formula is C13H13NO5. The van der Waals surface area contributed by atoms with Crippen molar-refractivity contribution >= 4 is 17.8 Å². The molecule has 0 amide bonds. The van der Waals surface area contributed by atoms with Crippen LogP contribution in [-0.4, -0.2) is 39.6 Å². The van der Waals surface area contributed by atoms with Gasteiger partial charge >= 0.3 is 5.97 Å². The molecular weight excluding hydrogens is 250 g/mol. The third kappa shape index (κ3) is 2.05. The zero-order chi connectivity index (χ0) is 14.0. The molecule has 0 radical (unpaired) electrons. The van der Waals surface area contributed by atoms with E-state index >= 15 is 0 Å². The number of methoxy groups -OCH3 is 3. The van der Waals surface area contributed by atoms with Crippen molar-refractivity contribution in [2.75, 3.05) is 21.3 Å². The van der Waals surface area contributed by atoms with Crippen molar-refractivity contribution in [1.82, 2.24) is 0 Å². The molecule has 19 heavy (non-hydrogen) atoms. The molecule has 100 valence electrons. The molecule has 1 aliphatic rings. The number of carbonyl (C=O) groups is 2. The number of nitrogens with zero attached hydrogens (tertiary/aromatic N) is 1. The lowest BCUT2D eigenvalue weighted by Gasteiger charge is -2.06. The van der Waals surface area contributed by atoms with Crippen LogP contribution in [0.3, 0.4) is 0 Å². The number of ether oxygens (including phenoxy) is 3. The Morgan fingerprint density at radius 2 is 1.84 bits per heavy atom. The molecule has 1 aromatic rings. The maximum absolute atomic E-state index is 11.6. The lowest BCUT2D eigenvalue weighted by molar-refractivity contribution is -0.140. The van der Waals surface area contributed by atoms with Crippen LogP contribution in [0.1, 0.15) is 0 Å². The van der Waals surface area contributed by atoms with Gasteiger partial charge in [0.05, 0.1) is 26.7 Å². The summed E-state index contributed by atoms with van der Waals surface area (Å²) in [5.74, 6) is 0.387. The van der Waals surface area contributed by atoms with Crippen molar-refractivity contribution in [3.8, 4) is 11.5 Å². The second-order valence-corrected chi connectivity index (χ2v) is 3.85. The predicted molar refractivity (Wildman–Crippen MR) is 65.6 cm³/mol. The lowest BCUT2D eigenvalue weighted by Crippen LogP contribution is -2.25. The Balaban J connectivity index is 2.71. The van der Waals surface area contributed by atoms with Crippen LogP contribution in [0.4, 0.5) is 0 Å². The monoisotopic (exact) mass is 263 g/mol. The van der Waals surface area contributed by atoms with E-state index in [2.05, 4.69) is 9.73 Å². The first kappa shape index (κ1) is 13.1. The second kappa shape index (κ2) is 5.09. The minimum Gasteiger partial charge on any atom is -0.493 e. The fourth-order valence-corrected chi connectivity index (χ4v) is 1.98. The van der Waals surface area contributed by atoms with Crippen LogP contribution in [0.5, 0.6) is 11.5 Å². The smallest absolute Gasteiger partial charge is 0.335 e. The first-order valence-electron chi connectivity index (χ1n) is 5.53. The average molecular weight is 263 g/mol. The summed E-state index contributed by atoms with van der Waals surface area (Å²) in [6, 6.07) is 2.33. The van der Waals surface area contributed by atoms with E-state index in [0.29, 0.717) is 28.4 Å². The van der Waals surface area contributed by atoms with Gasteiger partial charge in [-0.2, -0.15) is 0 Å². The Kier molecular flexibility index (Phi) is 3.50. The third-order valence-corrected chi connectivity index (χ3v) is 2.93. The summed E-state index contributed by atoms with van der Waals surface area (Å²) in [5, 5.41) is 1.07. The normalized spacial score (nSPS) is 16.4. The van der Waals surface area contributed by atoms with Crippen LogP contribution in [0.25, 0.3) is 5.57 Å². The van der Waals surface area contributed by atoms with E-state index in [0.717, 1.165) is 0 Å². The highest BCUT2D eigenvalue weighted by atomic mass is 16.5. The van der Waals surface area contributed by atoms with Crippen LogP contribution in [0.15, 0.2) is 17.1 Å². The highest BCUT2D eigenvalue weighted by Crippen LogP contribution is 2.23. The summed E-state index contributed by atoms with van der Waals surface area (Å²) in [7, 11) is 4.25. The van der Waals surface area contributed by atoms with Crippen LogP contribution < -0.4 is 20.0 Å². The van der Waals surface area contributed by atoms with Crippen molar-refractivity contribution in [3.63, 3.8) is 0 Å². The Labute approximate surface area is 109 Å². The number of esters is 1. The molecule has 2 rings (SSSR count). The quantitative estimate of drug-likeness (QED) is 0.526. The zero-order valence-corrected chi connectivity index (χ0v) is 10.8. The number of benzene rings is 1. The maximum atomic E-state index is 11.6. The van der Waals surface area contributed by atoms with Gasteiger partial charge in [0.15, 0.2) is 17.5 Å². The topological polar surface area (TPSA) is 74.2 Å². The van der Waals surface area contributed by atoms with Gasteiger partial charge in [-0.05, 0) is 6.07 Å². The Morgan fingerprint density at radius 1 is 1.21 bits per heavy atom. The Hall–Kier alpha value is -2.37. The van der Waals surface area contributed by atoms with E-state index in [1.165, 1.54) is 21.3 Å². The summed E-state index contributed by atoms with van der Waals surface area (Å²) in [6.07, 6.45) is 0.614. The van der Waals surface area contributed by atoms with Gasteiger partial charge in [-0.3, -0.25) is 9.79 Å². The molecule has 0 bridgehead atoms. The Bertz CT molecular complexity index is 650. The summed E-state index contributed by atoms with van der Waals surface area (Å²) < 4.78 is 15.0. The standard InChI is InChI=1S/C13H13NO5/c1-17-10-4-7-8(6-15)12(13(16)19-3)14-9(7)5-11(10)18-2/h4-6,12H,1-3H3/t12-/m1/s1. The van der Waals surface area contributed by atoms with Gasteiger partial charge in [0.2, 0.25) is 0 Å². The van der Waals surface area contributed by atoms with Gasteiger partial charge < -0.3 is 14.2 Å². The van der Waals surface area contributed by atoms with Gasteiger partial charge in [0.1, 0.15) is 6.29 Å². The van der Waals surface area contributed by atoms with E-state index < -0.39 is 12.0 Å². The molecule has 0 unspecified atom stereocenters. The second-order valence-electron chi connectivity index (χ2n) is 3.85. The Morgan fingerprint density at radius 3 is 2.37 bits per heavy atom. The highest BCUT2D eigenvalue weighted by Gasteiger charge is 2.28. The molecule has 0 aromatic heterocycles. The van der Waals surface area contributed by atoms with Gasteiger partial charge in [-0.1, -0.05) is 0 Å². The van der Waals surface area contributed by atoms with Crippen LogP contribution in [0.2, 0.25) is 0 Å².